The number of hydrogen-bond donors (Lipinski definition) is 0. The molecule has 1 saturated heterocycles. The van der Waals surface area contributed by atoms with Crippen molar-refractivity contribution in [3.63, 3.8) is 0 Å². The molecule has 1 unspecified atom stereocenters. The van der Waals surface area contributed by atoms with Gasteiger partial charge in [0, 0.05) is 6.54 Å². The van der Waals surface area contributed by atoms with Crippen LogP contribution < -0.4 is 0 Å². The van der Waals surface area contributed by atoms with E-state index in [-0.39, 0.29) is 0 Å². The summed E-state index contributed by atoms with van der Waals surface area (Å²) in [5.74, 6) is 2.80. The number of hydrogen-bond acceptors (Lipinski definition) is 1. The molecule has 0 spiro atoms. The van der Waals surface area contributed by atoms with E-state index in [2.05, 4.69) is 32.6 Å². The summed E-state index contributed by atoms with van der Waals surface area (Å²) in [5, 5.41) is 0. The Morgan fingerprint density at radius 1 is 1.12 bits per heavy atom. The highest BCUT2D eigenvalue weighted by atomic mass is 15.1. The molecule has 1 aliphatic rings. The fourth-order valence-electron chi connectivity index (χ4n) is 2.84. The molecule has 0 radical (unpaired) electrons. The van der Waals surface area contributed by atoms with Gasteiger partial charge in [0.1, 0.15) is 0 Å². The molecule has 102 valence electrons. The van der Waals surface area contributed by atoms with Gasteiger partial charge < -0.3 is 4.90 Å². The molecule has 0 N–H and O–H groups in total. The fraction of sp³-hybridized carbons (Fsp3) is 1.00. The Kier molecular flexibility index (Phi) is 7.18. The lowest BCUT2D eigenvalue weighted by Crippen LogP contribution is -2.36. The molecule has 1 nitrogen and oxygen atoms in total. The second kappa shape index (κ2) is 8.13. The molecule has 1 rings (SSSR count). The van der Waals surface area contributed by atoms with Crippen LogP contribution in [0.1, 0.15) is 66.2 Å². The summed E-state index contributed by atoms with van der Waals surface area (Å²) in [6, 6.07) is 0. The molecule has 0 aromatic rings. The molecular weight excluding hydrogens is 206 g/mol. The maximum Gasteiger partial charge on any atom is 0.000692 e. The zero-order chi connectivity index (χ0) is 12.7. The van der Waals surface area contributed by atoms with Crippen LogP contribution in [0.15, 0.2) is 0 Å². The summed E-state index contributed by atoms with van der Waals surface area (Å²) < 4.78 is 0. The standard InChI is InChI=1S/C16H33N/c1-5-15(4)13-17-11-9-16(10-12-17)8-6-7-14(2)3/h14-16H,5-13H2,1-4H3. The van der Waals surface area contributed by atoms with Gasteiger partial charge in [0.25, 0.3) is 0 Å². The molecular formula is C16H33N. The normalized spacial score (nSPS) is 21.0. The third kappa shape index (κ3) is 6.45. The predicted molar refractivity (Wildman–Crippen MR) is 77.3 cm³/mol. The third-order valence-corrected chi connectivity index (χ3v) is 4.37. The summed E-state index contributed by atoms with van der Waals surface area (Å²) in [6.45, 7) is 13.4. The summed E-state index contributed by atoms with van der Waals surface area (Å²) in [7, 11) is 0. The predicted octanol–water partition coefficient (Wildman–Crippen LogP) is 4.57. The molecule has 0 amide bonds. The van der Waals surface area contributed by atoms with Crippen LogP contribution in [-0.4, -0.2) is 24.5 Å². The van der Waals surface area contributed by atoms with Gasteiger partial charge in [-0.1, -0.05) is 53.4 Å². The van der Waals surface area contributed by atoms with Crippen molar-refractivity contribution >= 4 is 0 Å². The van der Waals surface area contributed by atoms with Crippen LogP contribution in [0.3, 0.4) is 0 Å². The van der Waals surface area contributed by atoms with Crippen LogP contribution in [0, 0.1) is 17.8 Å². The van der Waals surface area contributed by atoms with Gasteiger partial charge in [0.2, 0.25) is 0 Å². The van der Waals surface area contributed by atoms with Crippen molar-refractivity contribution in [2.45, 2.75) is 66.2 Å². The highest BCUT2D eigenvalue weighted by Gasteiger charge is 2.19. The average molecular weight is 239 g/mol. The molecule has 0 aromatic carbocycles. The molecule has 1 heterocycles. The smallest absolute Gasteiger partial charge is 0.000692 e. The van der Waals surface area contributed by atoms with Crippen LogP contribution >= 0.6 is 0 Å². The van der Waals surface area contributed by atoms with Crippen LogP contribution in [-0.2, 0) is 0 Å². The number of piperidine rings is 1. The van der Waals surface area contributed by atoms with E-state index >= 15 is 0 Å². The lowest BCUT2D eigenvalue weighted by atomic mass is 9.90. The fourth-order valence-corrected chi connectivity index (χ4v) is 2.84. The summed E-state index contributed by atoms with van der Waals surface area (Å²) in [4.78, 5) is 2.69. The van der Waals surface area contributed by atoms with Gasteiger partial charge in [0.05, 0.1) is 0 Å². The lowest BCUT2D eigenvalue weighted by Gasteiger charge is -2.33. The van der Waals surface area contributed by atoms with Crippen LogP contribution in [0.2, 0.25) is 0 Å². The third-order valence-electron chi connectivity index (χ3n) is 4.37. The first-order valence-corrected chi connectivity index (χ1v) is 7.84. The second-order valence-corrected chi connectivity index (χ2v) is 6.58. The quantitative estimate of drug-likeness (QED) is 0.629. The Balaban J connectivity index is 2.09. The largest absolute Gasteiger partial charge is 0.303 e. The molecule has 1 atom stereocenters. The Bertz CT molecular complexity index is 180. The first-order chi connectivity index (χ1) is 8.11. The van der Waals surface area contributed by atoms with Gasteiger partial charge in [-0.05, 0) is 43.7 Å². The van der Waals surface area contributed by atoms with Gasteiger partial charge in [-0.25, -0.2) is 0 Å². The summed E-state index contributed by atoms with van der Waals surface area (Å²) >= 11 is 0. The molecule has 0 bridgehead atoms. The van der Waals surface area contributed by atoms with E-state index in [1.165, 1.54) is 58.2 Å². The van der Waals surface area contributed by atoms with Crippen LogP contribution in [0.5, 0.6) is 0 Å². The molecule has 1 heteroatoms. The monoisotopic (exact) mass is 239 g/mol. The van der Waals surface area contributed by atoms with Gasteiger partial charge in [0.15, 0.2) is 0 Å². The number of nitrogens with zero attached hydrogens (tertiary/aromatic N) is 1. The highest BCUT2D eigenvalue weighted by molar-refractivity contribution is 4.73. The Labute approximate surface area is 109 Å². The van der Waals surface area contributed by atoms with E-state index in [9.17, 15) is 0 Å². The van der Waals surface area contributed by atoms with E-state index in [1.54, 1.807) is 0 Å². The van der Waals surface area contributed by atoms with E-state index in [1.807, 2.05) is 0 Å². The van der Waals surface area contributed by atoms with Crippen LogP contribution in [0.25, 0.3) is 0 Å². The van der Waals surface area contributed by atoms with Crippen molar-refractivity contribution in [1.82, 2.24) is 4.90 Å². The van der Waals surface area contributed by atoms with Crippen molar-refractivity contribution in [2.24, 2.45) is 17.8 Å². The summed E-state index contributed by atoms with van der Waals surface area (Å²) in [5.41, 5.74) is 0. The molecule has 0 aromatic heterocycles. The van der Waals surface area contributed by atoms with E-state index in [0.717, 1.165) is 17.8 Å². The minimum Gasteiger partial charge on any atom is -0.303 e. The molecule has 1 aliphatic heterocycles. The van der Waals surface area contributed by atoms with Crippen molar-refractivity contribution in [3.8, 4) is 0 Å². The van der Waals surface area contributed by atoms with E-state index in [0.29, 0.717) is 0 Å². The van der Waals surface area contributed by atoms with Gasteiger partial charge in [-0.2, -0.15) is 0 Å². The minimum atomic E-state index is 0.882. The Hall–Kier alpha value is -0.0400. The minimum absolute atomic E-state index is 0.882. The zero-order valence-electron chi connectivity index (χ0n) is 12.5. The molecule has 0 aliphatic carbocycles. The van der Waals surface area contributed by atoms with Gasteiger partial charge in [-0.15, -0.1) is 0 Å². The van der Waals surface area contributed by atoms with Gasteiger partial charge >= 0.3 is 0 Å². The molecule has 0 saturated carbocycles. The Morgan fingerprint density at radius 3 is 2.29 bits per heavy atom. The van der Waals surface area contributed by atoms with Crippen molar-refractivity contribution in [3.05, 3.63) is 0 Å². The van der Waals surface area contributed by atoms with Crippen molar-refractivity contribution < 1.29 is 0 Å². The average Bonchev–Trinajstić information content (AvgIpc) is 2.31. The molecule has 1 fully saturated rings. The SMILES string of the molecule is CCC(C)CN1CCC(CCCC(C)C)CC1. The topological polar surface area (TPSA) is 3.24 Å². The first-order valence-electron chi connectivity index (χ1n) is 7.84. The summed E-state index contributed by atoms with van der Waals surface area (Å²) in [6.07, 6.45) is 8.59. The van der Waals surface area contributed by atoms with Crippen LogP contribution in [0.4, 0.5) is 0 Å². The maximum atomic E-state index is 2.69. The highest BCUT2D eigenvalue weighted by Crippen LogP contribution is 2.24. The Morgan fingerprint density at radius 2 is 1.76 bits per heavy atom. The molecule has 17 heavy (non-hydrogen) atoms. The first kappa shape index (κ1) is 15.0. The van der Waals surface area contributed by atoms with Crippen molar-refractivity contribution in [1.29, 1.82) is 0 Å². The maximum absolute atomic E-state index is 2.69. The lowest BCUT2D eigenvalue weighted by molar-refractivity contribution is 0.156. The number of rotatable bonds is 7. The van der Waals surface area contributed by atoms with Crippen molar-refractivity contribution in [2.75, 3.05) is 19.6 Å². The van der Waals surface area contributed by atoms with Gasteiger partial charge in [-0.3, -0.25) is 0 Å². The van der Waals surface area contributed by atoms with E-state index in [4.69, 9.17) is 0 Å². The zero-order valence-corrected chi connectivity index (χ0v) is 12.5. The van der Waals surface area contributed by atoms with E-state index < -0.39 is 0 Å². The second-order valence-electron chi connectivity index (χ2n) is 6.58. The number of likely N-dealkylation sites (tertiary alicyclic amines) is 1.